The Morgan fingerprint density at radius 3 is 2.52 bits per heavy atom. The average Bonchev–Trinajstić information content (AvgIpc) is 2.86. The molecule has 5 atom stereocenters. The molecule has 31 heavy (non-hydrogen) atoms. The Labute approximate surface area is 189 Å². The molecule has 3 rings (SSSR count). The maximum Gasteiger partial charge on any atom is 0.333 e. The van der Waals surface area contributed by atoms with Crippen molar-refractivity contribution in [3.8, 4) is 0 Å². The first-order valence-electron chi connectivity index (χ1n) is 11.7. The SMILES string of the molecule is COCO[C@@H]1CC[C@H]2[C@H]3CC=C(C(=O)OC)CC=C3[C@@H](O[Si](C)(C)C(C)(C)C)C[C@@]12C. The van der Waals surface area contributed by atoms with E-state index in [1.807, 2.05) is 0 Å². The molecule has 3 aliphatic rings. The second-order valence-electron chi connectivity index (χ2n) is 11.3. The first-order valence-corrected chi connectivity index (χ1v) is 14.6. The standard InChI is InChI=1S/C25H42O5Si/c1-24(2,3)31(7,8)30-21-15-25(4)20(13-14-22(25)29-16-27-5)18-11-9-17(23(26)28-6)10-12-19(18)21/h9,12,18,20-22H,10-11,13-16H2,1-8H3/t18-,20-,21-,22+,25+/m0/s1. The van der Waals surface area contributed by atoms with Crippen LogP contribution in [-0.2, 0) is 23.4 Å². The molecule has 0 bridgehead atoms. The molecule has 0 aromatic carbocycles. The highest BCUT2D eigenvalue weighted by atomic mass is 28.4. The van der Waals surface area contributed by atoms with E-state index >= 15 is 0 Å². The van der Waals surface area contributed by atoms with Gasteiger partial charge in [-0.2, -0.15) is 0 Å². The number of fused-ring (bicyclic) bond motifs is 3. The Bertz CT molecular complexity index is 735. The fourth-order valence-electron chi connectivity index (χ4n) is 5.69. The summed E-state index contributed by atoms with van der Waals surface area (Å²) < 4.78 is 23.5. The molecule has 0 aliphatic heterocycles. The monoisotopic (exact) mass is 450 g/mol. The van der Waals surface area contributed by atoms with Gasteiger partial charge in [-0.3, -0.25) is 0 Å². The van der Waals surface area contributed by atoms with Gasteiger partial charge in [-0.05, 0) is 73.1 Å². The molecule has 2 saturated carbocycles. The lowest BCUT2D eigenvalue weighted by atomic mass is 9.60. The summed E-state index contributed by atoms with van der Waals surface area (Å²) in [6, 6.07) is 0. The van der Waals surface area contributed by atoms with Gasteiger partial charge < -0.3 is 18.6 Å². The summed E-state index contributed by atoms with van der Waals surface area (Å²) in [4.78, 5) is 12.3. The number of carbonyl (C=O) groups excluding carboxylic acids is 1. The van der Waals surface area contributed by atoms with E-state index in [-0.39, 0.29) is 28.6 Å². The largest absolute Gasteiger partial charge is 0.466 e. The van der Waals surface area contributed by atoms with Crippen molar-refractivity contribution in [1.29, 1.82) is 0 Å². The number of hydrogen-bond donors (Lipinski definition) is 0. The third-order valence-corrected chi connectivity index (χ3v) is 13.0. The molecule has 3 aliphatic carbocycles. The molecule has 6 heteroatoms. The average molecular weight is 451 g/mol. The third kappa shape index (κ3) is 4.73. The zero-order chi connectivity index (χ0) is 23.0. The predicted molar refractivity (Wildman–Crippen MR) is 125 cm³/mol. The van der Waals surface area contributed by atoms with Crippen LogP contribution in [0.25, 0.3) is 0 Å². The molecule has 0 N–H and O–H groups in total. The molecule has 0 aromatic rings. The van der Waals surface area contributed by atoms with Crippen LogP contribution in [0.5, 0.6) is 0 Å². The molecule has 0 aromatic heterocycles. The van der Waals surface area contributed by atoms with E-state index in [0.29, 0.717) is 25.0 Å². The lowest BCUT2D eigenvalue weighted by molar-refractivity contribution is -0.136. The van der Waals surface area contributed by atoms with E-state index in [4.69, 9.17) is 18.6 Å². The molecule has 176 valence electrons. The highest BCUT2D eigenvalue weighted by molar-refractivity contribution is 6.74. The molecule has 0 spiro atoms. The van der Waals surface area contributed by atoms with Crippen molar-refractivity contribution >= 4 is 14.3 Å². The van der Waals surface area contributed by atoms with Crippen LogP contribution in [0.2, 0.25) is 18.1 Å². The van der Waals surface area contributed by atoms with Crippen LogP contribution < -0.4 is 0 Å². The molecule has 0 amide bonds. The van der Waals surface area contributed by atoms with Crippen molar-refractivity contribution in [3.63, 3.8) is 0 Å². The summed E-state index contributed by atoms with van der Waals surface area (Å²) >= 11 is 0. The molecule has 0 heterocycles. The van der Waals surface area contributed by atoms with Gasteiger partial charge in [0, 0.05) is 12.7 Å². The molecule has 0 unspecified atom stereocenters. The summed E-state index contributed by atoms with van der Waals surface area (Å²) in [5.41, 5.74) is 2.20. The molecular formula is C25H42O5Si. The van der Waals surface area contributed by atoms with E-state index in [1.165, 1.54) is 12.7 Å². The van der Waals surface area contributed by atoms with Crippen LogP contribution in [0.1, 0.15) is 59.8 Å². The summed E-state index contributed by atoms with van der Waals surface area (Å²) in [6.07, 6.45) is 9.29. The quantitative estimate of drug-likeness (QED) is 0.227. The molecule has 0 saturated heterocycles. The van der Waals surface area contributed by atoms with Gasteiger partial charge in [0.25, 0.3) is 0 Å². The molecule has 0 radical (unpaired) electrons. The maximum absolute atomic E-state index is 12.3. The first-order chi connectivity index (χ1) is 14.4. The van der Waals surface area contributed by atoms with Crippen LogP contribution in [0, 0.1) is 17.3 Å². The van der Waals surface area contributed by atoms with Gasteiger partial charge in [0.05, 0.1) is 19.3 Å². The van der Waals surface area contributed by atoms with E-state index in [0.717, 1.165) is 31.3 Å². The minimum Gasteiger partial charge on any atom is -0.466 e. The summed E-state index contributed by atoms with van der Waals surface area (Å²) in [5.74, 6) is 0.688. The van der Waals surface area contributed by atoms with Gasteiger partial charge in [-0.25, -0.2) is 4.79 Å². The Morgan fingerprint density at radius 1 is 1.19 bits per heavy atom. The van der Waals surface area contributed by atoms with Crippen molar-refractivity contribution in [1.82, 2.24) is 0 Å². The Hall–Kier alpha value is -0.953. The number of rotatable bonds is 6. The number of ether oxygens (including phenoxy) is 3. The lowest BCUT2D eigenvalue weighted by Crippen LogP contribution is -2.52. The molecular weight excluding hydrogens is 408 g/mol. The van der Waals surface area contributed by atoms with Crippen LogP contribution >= 0.6 is 0 Å². The third-order valence-electron chi connectivity index (χ3n) is 8.49. The zero-order valence-electron chi connectivity index (χ0n) is 20.7. The van der Waals surface area contributed by atoms with Crippen molar-refractivity contribution < 1.29 is 23.4 Å². The second-order valence-corrected chi connectivity index (χ2v) is 16.1. The number of carbonyl (C=O) groups is 1. The summed E-state index contributed by atoms with van der Waals surface area (Å²) in [6.45, 7) is 14.3. The van der Waals surface area contributed by atoms with E-state index in [1.54, 1.807) is 7.11 Å². The van der Waals surface area contributed by atoms with Gasteiger partial charge in [0.15, 0.2) is 8.32 Å². The van der Waals surface area contributed by atoms with Gasteiger partial charge >= 0.3 is 5.97 Å². The van der Waals surface area contributed by atoms with Crippen LogP contribution in [0.15, 0.2) is 23.3 Å². The van der Waals surface area contributed by atoms with Crippen molar-refractivity contribution in [2.75, 3.05) is 21.0 Å². The van der Waals surface area contributed by atoms with Crippen LogP contribution in [-0.4, -0.2) is 47.5 Å². The zero-order valence-corrected chi connectivity index (χ0v) is 21.7. The van der Waals surface area contributed by atoms with Crippen molar-refractivity contribution in [3.05, 3.63) is 23.3 Å². The minimum absolute atomic E-state index is 0.0389. The fraction of sp³-hybridized carbons (Fsp3) is 0.800. The van der Waals surface area contributed by atoms with Gasteiger partial charge in [-0.15, -0.1) is 0 Å². The Kier molecular flexibility index (Phi) is 7.26. The number of methoxy groups -OCH3 is 2. The highest BCUT2D eigenvalue weighted by Gasteiger charge is 2.57. The number of esters is 1. The van der Waals surface area contributed by atoms with E-state index in [2.05, 4.69) is 52.9 Å². The van der Waals surface area contributed by atoms with Gasteiger partial charge in [0.1, 0.15) is 6.79 Å². The van der Waals surface area contributed by atoms with E-state index in [9.17, 15) is 4.79 Å². The van der Waals surface area contributed by atoms with Crippen LogP contribution in [0.4, 0.5) is 0 Å². The fourth-order valence-corrected chi connectivity index (χ4v) is 6.97. The predicted octanol–water partition coefficient (Wildman–Crippen LogP) is 5.62. The number of hydrogen-bond acceptors (Lipinski definition) is 5. The summed E-state index contributed by atoms with van der Waals surface area (Å²) in [7, 11) is 1.18. The highest BCUT2D eigenvalue weighted by Crippen LogP contribution is 2.59. The van der Waals surface area contributed by atoms with Crippen molar-refractivity contribution in [2.24, 2.45) is 17.3 Å². The lowest BCUT2D eigenvalue weighted by Gasteiger charge is -2.51. The topological polar surface area (TPSA) is 54.0 Å². The van der Waals surface area contributed by atoms with Gasteiger partial charge in [0.2, 0.25) is 0 Å². The second kappa shape index (κ2) is 9.12. The normalized spacial score (nSPS) is 33.7. The summed E-state index contributed by atoms with van der Waals surface area (Å²) in [5, 5.41) is 0.141. The molecule has 2 fully saturated rings. The Morgan fingerprint density at radius 2 is 1.90 bits per heavy atom. The number of allylic oxidation sites excluding steroid dienone is 2. The van der Waals surface area contributed by atoms with E-state index < -0.39 is 8.32 Å². The minimum atomic E-state index is -1.97. The maximum atomic E-state index is 12.3. The smallest absolute Gasteiger partial charge is 0.333 e. The van der Waals surface area contributed by atoms with Crippen molar-refractivity contribution in [2.45, 2.75) is 90.1 Å². The van der Waals surface area contributed by atoms with Crippen LogP contribution in [0.3, 0.4) is 0 Å². The molecule has 5 nitrogen and oxygen atoms in total. The van der Waals surface area contributed by atoms with Gasteiger partial charge in [-0.1, -0.05) is 39.8 Å². The Balaban J connectivity index is 1.97. The first kappa shape index (κ1) is 24.7.